The van der Waals surface area contributed by atoms with E-state index in [0.717, 1.165) is 12.8 Å². The van der Waals surface area contributed by atoms with Gasteiger partial charge in [0.1, 0.15) is 5.82 Å². The van der Waals surface area contributed by atoms with Gasteiger partial charge >= 0.3 is 6.03 Å². The van der Waals surface area contributed by atoms with Crippen LogP contribution in [0.2, 0.25) is 0 Å². The van der Waals surface area contributed by atoms with Crippen LogP contribution >= 0.6 is 11.3 Å². The first-order chi connectivity index (χ1) is 12.1. The quantitative estimate of drug-likeness (QED) is 0.912. The number of thiophene rings is 1. The largest absolute Gasteiger partial charge is 0.341 e. The number of fused-ring (bicyclic) bond motifs is 4. The molecule has 0 aliphatic carbocycles. The number of piperidine rings is 1. The number of carbonyl (C=O) groups is 2. The Morgan fingerprint density at radius 1 is 1.36 bits per heavy atom. The molecule has 3 aliphatic rings. The first-order valence-corrected chi connectivity index (χ1v) is 9.36. The molecule has 1 N–H and O–H groups in total. The molecule has 3 amide bonds. The molecule has 3 saturated heterocycles. The van der Waals surface area contributed by atoms with E-state index in [1.807, 2.05) is 29.5 Å². The van der Waals surface area contributed by atoms with Crippen molar-refractivity contribution in [2.45, 2.75) is 25.4 Å². The van der Waals surface area contributed by atoms with Crippen LogP contribution in [-0.2, 0) is 11.3 Å². The van der Waals surface area contributed by atoms with Gasteiger partial charge in [-0.1, -0.05) is 6.07 Å². The maximum absolute atomic E-state index is 12.8. The maximum atomic E-state index is 12.8. The summed E-state index contributed by atoms with van der Waals surface area (Å²) in [5.41, 5.74) is 0. The lowest BCUT2D eigenvalue weighted by molar-refractivity contribution is -0.138. The lowest BCUT2D eigenvalue weighted by Gasteiger charge is -2.32. The Morgan fingerprint density at radius 2 is 2.24 bits per heavy atom. The first kappa shape index (κ1) is 16.1. The molecular formula is C17H21N5O2S. The number of hydrogen-bond acceptors (Lipinski definition) is 4. The number of hydrogen-bond donors (Lipinski definition) is 1. The van der Waals surface area contributed by atoms with Crippen LogP contribution in [0.15, 0.2) is 29.8 Å². The standard InChI is InChI=1S/C17H21N5O2S/c1-20-13-5-4-12(16(20)23)9-21(10-13)17(24)19-15-6-7-18-22(15)11-14-3-2-8-25-14/h2-3,6-8,12-13H,4-5,9-11H2,1H3,(H,19,24)/t12-,13+/m1/s1. The van der Waals surface area contributed by atoms with Crippen molar-refractivity contribution in [1.82, 2.24) is 19.6 Å². The fraction of sp³-hybridized carbons (Fsp3) is 0.471. The molecule has 8 heteroatoms. The molecule has 5 heterocycles. The average molecular weight is 359 g/mol. The number of likely N-dealkylation sites (N-methyl/N-ethyl adjacent to an activating group) is 1. The molecule has 0 spiro atoms. The van der Waals surface area contributed by atoms with Crippen LogP contribution in [0.1, 0.15) is 17.7 Å². The number of nitrogens with zero attached hydrogens (tertiary/aromatic N) is 4. The summed E-state index contributed by atoms with van der Waals surface area (Å²) in [6.07, 6.45) is 3.52. The minimum Gasteiger partial charge on any atom is -0.341 e. The predicted molar refractivity (Wildman–Crippen MR) is 95.5 cm³/mol. The Labute approximate surface area is 150 Å². The van der Waals surface area contributed by atoms with E-state index in [9.17, 15) is 9.59 Å². The van der Waals surface area contributed by atoms with Crippen LogP contribution in [0.25, 0.3) is 0 Å². The van der Waals surface area contributed by atoms with Gasteiger partial charge in [-0.3, -0.25) is 10.1 Å². The SMILES string of the molecule is CN1C(=O)[C@@H]2CC[C@H]1CN(C(=O)Nc1ccnn1Cc1cccs1)C2. The summed E-state index contributed by atoms with van der Waals surface area (Å²) in [5.74, 6) is 0.759. The van der Waals surface area contributed by atoms with E-state index in [0.29, 0.717) is 25.5 Å². The lowest BCUT2D eigenvalue weighted by atomic mass is 9.95. The molecule has 0 saturated carbocycles. The molecular weight excluding hydrogens is 338 g/mol. The number of amides is 3. The molecule has 0 aromatic carbocycles. The minimum absolute atomic E-state index is 0.0782. The maximum Gasteiger partial charge on any atom is 0.323 e. The highest BCUT2D eigenvalue weighted by Crippen LogP contribution is 2.28. The molecule has 3 fully saturated rings. The Hall–Kier alpha value is -2.35. The Kier molecular flexibility index (Phi) is 4.20. The predicted octanol–water partition coefficient (Wildman–Crippen LogP) is 2.08. The average Bonchev–Trinajstić information content (AvgIpc) is 3.18. The normalized spacial score (nSPS) is 23.0. The summed E-state index contributed by atoms with van der Waals surface area (Å²) in [5, 5.41) is 9.29. The molecule has 25 heavy (non-hydrogen) atoms. The van der Waals surface area contributed by atoms with Gasteiger partial charge in [-0.25, -0.2) is 9.48 Å². The first-order valence-electron chi connectivity index (χ1n) is 8.48. The van der Waals surface area contributed by atoms with Crippen LogP contribution in [0, 0.1) is 5.92 Å². The van der Waals surface area contributed by atoms with E-state index < -0.39 is 0 Å². The summed E-state index contributed by atoms with van der Waals surface area (Å²) >= 11 is 1.66. The van der Waals surface area contributed by atoms with Crippen molar-refractivity contribution in [3.63, 3.8) is 0 Å². The van der Waals surface area contributed by atoms with Crippen molar-refractivity contribution in [2.75, 3.05) is 25.5 Å². The van der Waals surface area contributed by atoms with E-state index in [-0.39, 0.29) is 23.9 Å². The molecule has 2 aromatic rings. The van der Waals surface area contributed by atoms with Gasteiger partial charge in [-0.15, -0.1) is 11.3 Å². The van der Waals surface area contributed by atoms with E-state index in [4.69, 9.17) is 0 Å². The smallest absolute Gasteiger partial charge is 0.323 e. The highest BCUT2D eigenvalue weighted by molar-refractivity contribution is 7.09. The van der Waals surface area contributed by atoms with E-state index in [1.165, 1.54) is 4.88 Å². The molecule has 7 nitrogen and oxygen atoms in total. The molecule has 2 aromatic heterocycles. The Balaban J connectivity index is 1.46. The van der Waals surface area contributed by atoms with Crippen LogP contribution in [0.3, 0.4) is 0 Å². The van der Waals surface area contributed by atoms with Crippen LogP contribution in [0.4, 0.5) is 10.6 Å². The van der Waals surface area contributed by atoms with Gasteiger partial charge in [0.2, 0.25) is 5.91 Å². The lowest BCUT2D eigenvalue weighted by Crippen LogP contribution is -2.45. The monoisotopic (exact) mass is 359 g/mol. The number of carbonyl (C=O) groups excluding carboxylic acids is 2. The van der Waals surface area contributed by atoms with Crippen molar-refractivity contribution in [3.8, 4) is 0 Å². The van der Waals surface area contributed by atoms with Gasteiger partial charge < -0.3 is 9.80 Å². The zero-order valence-corrected chi connectivity index (χ0v) is 14.9. The fourth-order valence-corrected chi connectivity index (χ4v) is 4.31. The van der Waals surface area contributed by atoms with E-state index >= 15 is 0 Å². The van der Waals surface area contributed by atoms with Crippen molar-refractivity contribution in [1.29, 1.82) is 0 Å². The molecule has 132 valence electrons. The van der Waals surface area contributed by atoms with Gasteiger partial charge in [0.05, 0.1) is 18.7 Å². The number of nitrogens with one attached hydrogen (secondary N) is 1. The van der Waals surface area contributed by atoms with Crippen LogP contribution in [-0.4, -0.2) is 57.7 Å². The molecule has 0 radical (unpaired) electrons. The summed E-state index contributed by atoms with van der Waals surface area (Å²) in [4.78, 5) is 29.8. The highest BCUT2D eigenvalue weighted by atomic mass is 32.1. The van der Waals surface area contributed by atoms with Crippen molar-refractivity contribution in [2.24, 2.45) is 5.92 Å². The third-order valence-corrected chi connectivity index (χ3v) is 5.95. The van der Waals surface area contributed by atoms with Gasteiger partial charge in [-0.2, -0.15) is 5.10 Å². The van der Waals surface area contributed by atoms with E-state index in [1.54, 1.807) is 33.2 Å². The van der Waals surface area contributed by atoms with Crippen molar-refractivity contribution < 1.29 is 9.59 Å². The van der Waals surface area contributed by atoms with Crippen molar-refractivity contribution >= 4 is 29.1 Å². The topological polar surface area (TPSA) is 70.5 Å². The van der Waals surface area contributed by atoms with Crippen molar-refractivity contribution in [3.05, 3.63) is 34.7 Å². The highest BCUT2D eigenvalue weighted by Gasteiger charge is 2.40. The van der Waals surface area contributed by atoms with Gasteiger partial charge in [0.25, 0.3) is 0 Å². The minimum atomic E-state index is -0.159. The fourth-order valence-electron chi connectivity index (χ4n) is 3.63. The zero-order valence-electron chi connectivity index (χ0n) is 14.1. The zero-order chi connectivity index (χ0) is 17.4. The Bertz CT molecular complexity index is 772. The second-order valence-corrected chi connectivity index (χ2v) is 7.70. The third-order valence-electron chi connectivity index (χ3n) is 5.09. The summed E-state index contributed by atoms with van der Waals surface area (Å²) in [6.45, 7) is 1.71. The van der Waals surface area contributed by atoms with E-state index in [2.05, 4.69) is 10.4 Å². The number of urea groups is 1. The third kappa shape index (κ3) is 3.13. The molecule has 5 rings (SSSR count). The molecule has 0 unspecified atom stereocenters. The van der Waals surface area contributed by atoms with Gasteiger partial charge in [-0.05, 0) is 24.3 Å². The summed E-state index contributed by atoms with van der Waals surface area (Å²) in [7, 11) is 1.84. The number of anilines is 1. The van der Waals surface area contributed by atoms with Crippen LogP contribution < -0.4 is 5.32 Å². The molecule has 2 bridgehead atoms. The second kappa shape index (κ2) is 6.51. The summed E-state index contributed by atoms with van der Waals surface area (Å²) < 4.78 is 1.79. The summed E-state index contributed by atoms with van der Waals surface area (Å²) in [6, 6.07) is 5.81. The Morgan fingerprint density at radius 3 is 3.04 bits per heavy atom. The molecule has 3 aliphatic heterocycles. The number of aromatic nitrogens is 2. The van der Waals surface area contributed by atoms with Gasteiger partial charge in [0.15, 0.2) is 0 Å². The second-order valence-electron chi connectivity index (χ2n) is 6.67. The van der Waals surface area contributed by atoms with Gasteiger partial charge in [0, 0.05) is 37.1 Å². The number of rotatable bonds is 3. The van der Waals surface area contributed by atoms with Crippen LogP contribution in [0.5, 0.6) is 0 Å². The molecule has 2 atom stereocenters.